The molecule has 2 aromatic carbocycles. The van der Waals surface area contributed by atoms with Gasteiger partial charge in [0.15, 0.2) is 0 Å². The number of aliphatic hydroxyl groups is 2. The van der Waals surface area contributed by atoms with Gasteiger partial charge in [-0.05, 0) is 41.8 Å². The Morgan fingerprint density at radius 3 is 1.71 bits per heavy atom. The monoisotopic (exact) mass is 478 g/mol. The average Bonchev–Trinajstić information content (AvgIpc) is 2.86. The minimum atomic E-state index is -0.685. The predicted molar refractivity (Wildman–Crippen MR) is 151 cm³/mol. The summed E-state index contributed by atoms with van der Waals surface area (Å²) in [6.45, 7) is 3.33. The molecule has 0 fully saturated rings. The minimum Gasteiger partial charge on any atom is -0.511 e. The highest BCUT2D eigenvalue weighted by Crippen LogP contribution is 2.46. The van der Waals surface area contributed by atoms with Crippen LogP contribution < -0.4 is 9.80 Å². The second kappa shape index (κ2) is 13.6. The van der Waals surface area contributed by atoms with Crippen LogP contribution in [0.4, 0.5) is 11.4 Å². The molecule has 3 rings (SSSR count). The number of anilines is 2. The molecule has 4 nitrogen and oxygen atoms in total. The molecule has 0 spiro atoms. The van der Waals surface area contributed by atoms with Crippen molar-refractivity contribution in [3.63, 3.8) is 0 Å². The topological polar surface area (TPSA) is 46.9 Å². The van der Waals surface area contributed by atoms with E-state index in [1.807, 2.05) is 55.4 Å². The van der Waals surface area contributed by atoms with E-state index in [4.69, 9.17) is 0 Å². The standard InChI is InChI=1S/C31H46N2O2/c1-5-6-7-8-9-10-11-12-13-14-23-33(4)27-21-17-25(18-22-27)29-30(34)28(31(29)35)24-15-19-26(20-16-24)32(2)3/h15-22,29-30,34-35H,5-14,23H2,1-4H3. The van der Waals surface area contributed by atoms with Crippen molar-refractivity contribution in [1.29, 1.82) is 0 Å². The molecule has 2 unspecified atom stereocenters. The molecule has 0 aliphatic heterocycles. The van der Waals surface area contributed by atoms with Gasteiger partial charge in [-0.1, -0.05) is 89.0 Å². The first-order valence-corrected chi connectivity index (χ1v) is 13.6. The van der Waals surface area contributed by atoms with Crippen molar-refractivity contribution in [3.05, 3.63) is 65.4 Å². The van der Waals surface area contributed by atoms with E-state index < -0.39 is 6.10 Å². The van der Waals surface area contributed by atoms with Crippen molar-refractivity contribution in [1.82, 2.24) is 0 Å². The summed E-state index contributed by atoms with van der Waals surface area (Å²) in [4.78, 5) is 4.34. The number of unbranched alkanes of at least 4 members (excludes halogenated alkanes) is 9. The lowest BCUT2D eigenvalue weighted by Crippen LogP contribution is -2.33. The number of benzene rings is 2. The summed E-state index contributed by atoms with van der Waals surface area (Å²) in [5.41, 5.74) is 4.75. The first-order valence-electron chi connectivity index (χ1n) is 13.6. The van der Waals surface area contributed by atoms with Crippen LogP contribution in [-0.4, -0.2) is 44.0 Å². The summed E-state index contributed by atoms with van der Waals surface area (Å²) < 4.78 is 0. The van der Waals surface area contributed by atoms with E-state index in [1.54, 1.807) is 0 Å². The summed E-state index contributed by atoms with van der Waals surface area (Å²) in [7, 11) is 6.14. The fraction of sp³-hybridized carbons (Fsp3) is 0.548. The number of rotatable bonds is 15. The van der Waals surface area contributed by atoms with E-state index in [0.717, 1.165) is 23.4 Å². The highest BCUT2D eigenvalue weighted by Gasteiger charge is 2.41. The van der Waals surface area contributed by atoms with Crippen LogP contribution in [0.15, 0.2) is 54.3 Å². The molecule has 0 amide bonds. The maximum absolute atomic E-state index is 10.8. The molecule has 0 heterocycles. The second-order valence-electron chi connectivity index (χ2n) is 10.4. The smallest absolute Gasteiger partial charge is 0.109 e. The quantitative estimate of drug-likeness (QED) is 0.260. The van der Waals surface area contributed by atoms with E-state index >= 15 is 0 Å². The number of nitrogens with zero attached hydrogens (tertiary/aromatic N) is 2. The highest BCUT2D eigenvalue weighted by molar-refractivity contribution is 5.80. The van der Waals surface area contributed by atoms with Crippen molar-refractivity contribution in [2.75, 3.05) is 37.5 Å². The van der Waals surface area contributed by atoms with Crippen LogP contribution in [-0.2, 0) is 0 Å². The van der Waals surface area contributed by atoms with Crippen LogP contribution in [0.3, 0.4) is 0 Å². The number of hydrogen-bond acceptors (Lipinski definition) is 4. The Balaban J connectivity index is 1.44. The summed E-state index contributed by atoms with van der Waals surface area (Å²) in [6.07, 6.45) is 12.8. The lowest BCUT2D eigenvalue weighted by molar-refractivity contribution is 0.153. The Morgan fingerprint density at radius 2 is 1.20 bits per heavy atom. The third kappa shape index (κ3) is 7.27. The van der Waals surface area contributed by atoms with E-state index in [1.165, 1.54) is 69.9 Å². The lowest BCUT2D eigenvalue weighted by atomic mass is 9.73. The van der Waals surface area contributed by atoms with Crippen LogP contribution in [0.25, 0.3) is 5.57 Å². The zero-order chi connectivity index (χ0) is 25.2. The molecular weight excluding hydrogens is 432 g/mol. The number of aliphatic hydroxyl groups excluding tert-OH is 2. The Labute approximate surface area is 213 Å². The first kappa shape index (κ1) is 27.1. The normalized spacial score (nSPS) is 17.4. The van der Waals surface area contributed by atoms with Gasteiger partial charge < -0.3 is 20.0 Å². The summed E-state index contributed by atoms with van der Waals surface area (Å²) in [5, 5.41) is 21.6. The zero-order valence-electron chi connectivity index (χ0n) is 22.3. The van der Waals surface area contributed by atoms with Crippen LogP contribution in [0.1, 0.15) is 88.2 Å². The van der Waals surface area contributed by atoms with Crippen LogP contribution in [0.2, 0.25) is 0 Å². The van der Waals surface area contributed by atoms with Crippen LogP contribution >= 0.6 is 0 Å². The van der Waals surface area contributed by atoms with Gasteiger partial charge in [0.05, 0.1) is 12.0 Å². The molecule has 1 aliphatic carbocycles. The van der Waals surface area contributed by atoms with Crippen molar-refractivity contribution in [2.24, 2.45) is 0 Å². The Hall–Kier alpha value is -2.46. The van der Waals surface area contributed by atoms with Crippen molar-refractivity contribution in [2.45, 2.75) is 83.2 Å². The highest BCUT2D eigenvalue weighted by atomic mass is 16.3. The van der Waals surface area contributed by atoms with E-state index in [-0.39, 0.29) is 11.7 Å². The molecule has 0 saturated carbocycles. The van der Waals surface area contributed by atoms with Gasteiger partial charge in [0, 0.05) is 44.6 Å². The molecule has 1 aliphatic rings. The minimum absolute atomic E-state index is 0.279. The molecule has 0 aromatic heterocycles. The van der Waals surface area contributed by atoms with Crippen molar-refractivity contribution >= 4 is 16.9 Å². The number of hydrogen-bond donors (Lipinski definition) is 2. The summed E-state index contributed by atoms with van der Waals surface area (Å²) in [5.74, 6) is -0.0681. The van der Waals surface area contributed by atoms with Crippen molar-refractivity contribution < 1.29 is 10.2 Å². The van der Waals surface area contributed by atoms with E-state index in [0.29, 0.717) is 5.57 Å². The Bertz CT molecular complexity index is 918. The molecule has 35 heavy (non-hydrogen) atoms. The lowest BCUT2D eigenvalue weighted by Gasteiger charge is -2.36. The van der Waals surface area contributed by atoms with Gasteiger partial charge in [0.25, 0.3) is 0 Å². The Morgan fingerprint density at radius 1 is 0.686 bits per heavy atom. The first-order chi connectivity index (χ1) is 16.9. The molecule has 2 aromatic rings. The fourth-order valence-corrected chi connectivity index (χ4v) is 5.04. The molecule has 0 radical (unpaired) electrons. The van der Waals surface area contributed by atoms with Gasteiger partial charge in [-0.2, -0.15) is 0 Å². The molecule has 2 N–H and O–H groups in total. The predicted octanol–water partition coefficient (Wildman–Crippen LogP) is 7.54. The van der Waals surface area contributed by atoms with Gasteiger partial charge in [-0.25, -0.2) is 0 Å². The maximum atomic E-state index is 10.8. The molecule has 0 saturated heterocycles. The fourth-order valence-electron chi connectivity index (χ4n) is 5.04. The zero-order valence-corrected chi connectivity index (χ0v) is 22.3. The van der Waals surface area contributed by atoms with E-state index in [9.17, 15) is 10.2 Å². The van der Waals surface area contributed by atoms with Gasteiger partial charge in [-0.3, -0.25) is 0 Å². The third-order valence-corrected chi connectivity index (χ3v) is 7.42. The Kier molecular flexibility index (Phi) is 10.5. The average molecular weight is 479 g/mol. The molecule has 2 atom stereocenters. The summed E-state index contributed by atoms with van der Waals surface area (Å²) >= 11 is 0. The molecular formula is C31H46N2O2. The molecule has 192 valence electrons. The van der Waals surface area contributed by atoms with E-state index in [2.05, 4.69) is 31.0 Å². The SMILES string of the molecule is CCCCCCCCCCCCN(C)c1ccc(C2C(O)=C(c3ccc(N(C)C)cc3)C2O)cc1. The van der Waals surface area contributed by atoms with Gasteiger partial charge in [-0.15, -0.1) is 0 Å². The van der Waals surface area contributed by atoms with Crippen LogP contribution in [0, 0.1) is 0 Å². The largest absolute Gasteiger partial charge is 0.511 e. The third-order valence-electron chi connectivity index (χ3n) is 7.42. The second-order valence-corrected chi connectivity index (χ2v) is 10.4. The van der Waals surface area contributed by atoms with Crippen LogP contribution in [0.5, 0.6) is 0 Å². The van der Waals surface area contributed by atoms with Gasteiger partial charge >= 0.3 is 0 Å². The molecule has 0 bridgehead atoms. The summed E-state index contributed by atoms with van der Waals surface area (Å²) in [6, 6.07) is 16.2. The van der Waals surface area contributed by atoms with Gasteiger partial charge in [0.1, 0.15) is 5.76 Å². The molecule has 4 heteroatoms. The van der Waals surface area contributed by atoms with Crippen molar-refractivity contribution in [3.8, 4) is 0 Å². The van der Waals surface area contributed by atoms with Gasteiger partial charge in [0.2, 0.25) is 0 Å². The maximum Gasteiger partial charge on any atom is 0.109 e.